The van der Waals surface area contributed by atoms with Gasteiger partial charge in [0.05, 0.1) is 13.1 Å². The van der Waals surface area contributed by atoms with Gasteiger partial charge >= 0.3 is 5.97 Å². The first-order valence-corrected chi connectivity index (χ1v) is 9.47. The average Bonchev–Trinajstić information content (AvgIpc) is 2.60. The SMILES string of the molecule is CCN(CC(=O)O)C1CCN(CC(=O)Nc2ccc(C(C)C)cc2)CC1.Cl. The molecule has 152 valence electrons. The van der Waals surface area contributed by atoms with Crippen molar-refractivity contribution in [3.8, 4) is 0 Å². The lowest BCUT2D eigenvalue weighted by atomic mass is 10.0. The molecule has 0 saturated carbocycles. The molecular weight excluding hydrogens is 366 g/mol. The maximum atomic E-state index is 12.3. The first-order valence-electron chi connectivity index (χ1n) is 9.47. The van der Waals surface area contributed by atoms with Crippen LogP contribution in [0, 0.1) is 0 Å². The van der Waals surface area contributed by atoms with Crippen molar-refractivity contribution in [1.29, 1.82) is 0 Å². The molecule has 2 rings (SSSR count). The zero-order valence-electron chi connectivity index (χ0n) is 16.5. The number of benzene rings is 1. The summed E-state index contributed by atoms with van der Waals surface area (Å²) in [5.74, 6) is -0.305. The van der Waals surface area contributed by atoms with Gasteiger partial charge in [0.25, 0.3) is 0 Å². The first-order chi connectivity index (χ1) is 12.4. The Labute approximate surface area is 168 Å². The summed E-state index contributed by atoms with van der Waals surface area (Å²) in [6.45, 7) is 9.14. The molecule has 2 N–H and O–H groups in total. The molecule has 1 aliphatic rings. The predicted octanol–water partition coefficient (Wildman–Crippen LogP) is 3.04. The van der Waals surface area contributed by atoms with Gasteiger partial charge in [0.1, 0.15) is 0 Å². The maximum Gasteiger partial charge on any atom is 0.317 e. The number of halogens is 1. The van der Waals surface area contributed by atoms with Crippen molar-refractivity contribution in [2.75, 3.05) is 38.0 Å². The van der Waals surface area contributed by atoms with Crippen LogP contribution in [0.2, 0.25) is 0 Å². The molecule has 1 amide bonds. The van der Waals surface area contributed by atoms with E-state index < -0.39 is 5.97 Å². The molecule has 1 saturated heterocycles. The lowest BCUT2D eigenvalue weighted by Crippen LogP contribution is -2.48. The molecule has 0 aliphatic carbocycles. The van der Waals surface area contributed by atoms with E-state index in [4.69, 9.17) is 5.11 Å². The second kappa shape index (κ2) is 11.3. The van der Waals surface area contributed by atoms with Crippen LogP contribution in [-0.4, -0.2) is 65.5 Å². The van der Waals surface area contributed by atoms with Gasteiger partial charge in [-0.25, -0.2) is 0 Å². The van der Waals surface area contributed by atoms with Gasteiger partial charge in [-0.15, -0.1) is 12.4 Å². The smallest absolute Gasteiger partial charge is 0.317 e. The van der Waals surface area contributed by atoms with E-state index >= 15 is 0 Å². The Morgan fingerprint density at radius 1 is 1.22 bits per heavy atom. The largest absolute Gasteiger partial charge is 0.480 e. The van der Waals surface area contributed by atoms with Gasteiger partial charge in [-0.05, 0) is 43.0 Å². The number of amides is 1. The van der Waals surface area contributed by atoms with Gasteiger partial charge in [0.2, 0.25) is 5.91 Å². The van der Waals surface area contributed by atoms with Crippen LogP contribution in [0.15, 0.2) is 24.3 Å². The number of likely N-dealkylation sites (tertiary alicyclic amines) is 1. The number of rotatable bonds is 8. The summed E-state index contributed by atoms with van der Waals surface area (Å²) in [6, 6.07) is 8.29. The molecule has 1 heterocycles. The molecule has 0 bridgehead atoms. The highest BCUT2D eigenvalue weighted by Gasteiger charge is 2.25. The molecule has 27 heavy (non-hydrogen) atoms. The molecule has 0 aromatic heterocycles. The van der Waals surface area contributed by atoms with Crippen LogP contribution < -0.4 is 5.32 Å². The van der Waals surface area contributed by atoms with E-state index in [1.807, 2.05) is 36.1 Å². The Bertz CT molecular complexity index is 599. The Morgan fingerprint density at radius 2 is 1.81 bits per heavy atom. The minimum Gasteiger partial charge on any atom is -0.480 e. The van der Waals surface area contributed by atoms with Gasteiger partial charge in [0, 0.05) is 24.8 Å². The molecule has 0 radical (unpaired) electrons. The van der Waals surface area contributed by atoms with E-state index in [0.29, 0.717) is 18.5 Å². The average molecular weight is 398 g/mol. The predicted molar refractivity (Wildman–Crippen MR) is 111 cm³/mol. The van der Waals surface area contributed by atoms with Crippen molar-refractivity contribution < 1.29 is 14.7 Å². The number of likely N-dealkylation sites (N-methyl/N-ethyl adjacent to an activating group) is 1. The number of hydrogen-bond acceptors (Lipinski definition) is 4. The second-order valence-corrected chi connectivity index (χ2v) is 7.29. The summed E-state index contributed by atoms with van der Waals surface area (Å²) >= 11 is 0. The van der Waals surface area contributed by atoms with Crippen molar-refractivity contribution in [2.45, 2.75) is 45.6 Å². The normalized spacial score (nSPS) is 15.6. The summed E-state index contributed by atoms with van der Waals surface area (Å²) in [5.41, 5.74) is 2.08. The van der Waals surface area contributed by atoms with Crippen molar-refractivity contribution in [2.24, 2.45) is 0 Å². The number of piperidine rings is 1. The zero-order valence-corrected chi connectivity index (χ0v) is 17.3. The van der Waals surface area contributed by atoms with Gasteiger partial charge < -0.3 is 10.4 Å². The number of carbonyl (C=O) groups is 2. The topological polar surface area (TPSA) is 72.9 Å². The van der Waals surface area contributed by atoms with E-state index in [2.05, 4.69) is 24.1 Å². The molecule has 1 aromatic rings. The highest BCUT2D eigenvalue weighted by atomic mass is 35.5. The molecule has 6 nitrogen and oxygen atoms in total. The quantitative estimate of drug-likeness (QED) is 0.705. The summed E-state index contributed by atoms with van der Waals surface area (Å²) in [4.78, 5) is 27.4. The van der Waals surface area contributed by atoms with E-state index in [1.165, 1.54) is 5.56 Å². The molecule has 0 atom stereocenters. The van der Waals surface area contributed by atoms with Gasteiger partial charge in [-0.3, -0.25) is 19.4 Å². The van der Waals surface area contributed by atoms with Gasteiger partial charge in [0.15, 0.2) is 0 Å². The number of carboxylic acid groups (broad SMARTS) is 1. The zero-order chi connectivity index (χ0) is 19.1. The van der Waals surface area contributed by atoms with Crippen LogP contribution in [0.25, 0.3) is 0 Å². The lowest BCUT2D eigenvalue weighted by Gasteiger charge is -2.37. The third kappa shape index (κ3) is 7.48. The van der Waals surface area contributed by atoms with E-state index in [-0.39, 0.29) is 24.9 Å². The summed E-state index contributed by atoms with van der Waals surface area (Å²) < 4.78 is 0. The lowest BCUT2D eigenvalue weighted by molar-refractivity contribution is -0.139. The van der Waals surface area contributed by atoms with Crippen molar-refractivity contribution in [3.63, 3.8) is 0 Å². The third-order valence-corrected chi connectivity index (χ3v) is 5.05. The Kier molecular flexibility index (Phi) is 9.77. The Balaban J connectivity index is 0.00000364. The fourth-order valence-electron chi connectivity index (χ4n) is 3.47. The monoisotopic (exact) mass is 397 g/mol. The number of carbonyl (C=O) groups excluding carboxylic acids is 1. The Morgan fingerprint density at radius 3 is 2.30 bits per heavy atom. The van der Waals surface area contributed by atoms with E-state index in [1.54, 1.807) is 0 Å². The summed E-state index contributed by atoms with van der Waals surface area (Å²) in [5, 5.41) is 12.0. The van der Waals surface area contributed by atoms with Crippen LogP contribution in [0.4, 0.5) is 5.69 Å². The third-order valence-electron chi connectivity index (χ3n) is 5.05. The minimum absolute atomic E-state index is 0. The fourth-order valence-corrected chi connectivity index (χ4v) is 3.47. The molecule has 1 fully saturated rings. The number of nitrogens with zero attached hydrogens (tertiary/aromatic N) is 2. The summed E-state index contributed by atoms with van der Waals surface area (Å²) in [7, 11) is 0. The number of hydrogen-bond donors (Lipinski definition) is 2. The Hall–Kier alpha value is -1.63. The number of anilines is 1. The molecular formula is C20H32ClN3O3. The van der Waals surface area contributed by atoms with Crippen LogP contribution >= 0.6 is 12.4 Å². The maximum absolute atomic E-state index is 12.3. The second-order valence-electron chi connectivity index (χ2n) is 7.29. The van der Waals surface area contributed by atoms with Crippen molar-refractivity contribution in [3.05, 3.63) is 29.8 Å². The molecule has 1 aromatic carbocycles. The standard InChI is InChI=1S/C20H31N3O3.ClH/c1-4-23(14-20(25)26)18-9-11-22(12-10-18)13-19(24)21-17-7-5-16(6-8-17)15(2)3;/h5-8,15,18H,4,9-14H2,1-3H3,(H,21,24)(H,25,26);1H. The first kappa shape index (κ1) is 23.4. The van der Waals surface area contributed by atoms with Gasteiger partial charge in [-0.1, -0.05) is 32.9 Å². The molecule has 0 spiro atoms. The number of aliphatic carboxylic acids is 1. The van der Waals surface area contributed by atoms with Crippen LogP contribution in [0.3, 0.4) is 0 Å². The van der Waals surface area contributed by atoms with E-state index in [0.717, 1.165) is 38.2 Å². The summed E-state index contributed by atoms with van der Waals surface area (Å²) in [6.07, 6.45) is 1.80. The highest BCUT2D eigenvalue weighted by Crippen LogP contribution is 2.18. The molecule has 7 heteroatoms. The van der Waals surface area contributed by atoms with Crippen molar-refractivity contribution in [1.82, 2.24) is 9.80 Å². The number of nitrogens with one attached hydrogen (secondary N) is 1. The van der Waals surface area contributed by atoms with Crippen LogP contribution in [0.1, 0.15) is 45.1 Å². The molecule has 1 aliphatic heterocycles. The van der Waals surface area contributed by atoms with Crippen LogP contribution in [0.5, 0.6) is 0 Å². The molecule has 0 unspecified atom stereocenters. The number of carboxylic acids is 1. The highest BCUT2D eigenvalue weighted by molar-refractivity contribution is 5.92. The fraction of sp³-hybridized carbons (Fsp3) is 0.600. The van der Waals surface area contributed by atoms with Crippen LogP contribution in [-0.2, 0) is 9.59 Å². The van der Waals surface area contributed by atoms with Gasteiger partial charge in [-0.2, -0.15) is 0 Å². The van der Waals surface area contributed by atoms with E-state index in [9.17, 15) is 9.59 Å². The van der Waals surface area contributed by atoms with Crippen molar-refractivity contribution >= 4 is 30.0 Å². The minimum atomic E-state index is -0.780.